The first-order valence-electron chi connectivity index (χ1n) is 17.8. The number of hydrogen-bond donors (Lipinski definition) is 0. The maximum absolute atomic E-state index is 8.96. The highest BCUT2D eigenvalue weighted by molar-refractivity contribution is 7.27. The van der Waals surface area contributed by atoms with E-state index in [0.29, 0.717) is 12.0 Å². The molecule has 1 aliphatic rings. The van der Waals surface area contributed by atoms with Gasteiger partial charge in [0.15, 0.2) is 0 Å². The fourth-order valence-corrected chi connectivity index (χ4v) is 9.44. The molecule has 0 atom stereocenters. The van der Waals surface area contributed by atoms with Gasteiger partial charge >= 0.3 is 6.85 Å². The maximum atomic E-state index is 8.96. The van der Waals surface area contributed by atoms with E-state index in [1.807, 2.05) is 47.7 Å². The summed E-state index contributed by atoms with van der Waals surface area (Å²) in [5.74, 6) is 0.609. The zero-order valence-corrected chi connectivity index (χ0v) is 28.2. The Morgan fingerprint density at radius 3 is 2.10 bits per heavy atom. The van der Waals surface area contributed by atoms with Crippen molar-refractivity contribution in [3.63, 3.8) is 0 Å². The van der Waals surface area contributed by atoms with Crippen LogP contribution < -0.4 is 15.7 Å². The molecular formula is C46H28BN3S. The third kappa shape index (κ3) is 4.25. The molecule has 236 valence electrons. The minimum atomic E-state index is -0.239. The SMILES string of the molecule is [2H]c1ccccc1-c1nc(N2B(c3ccccc3)c3cc4ccccc4cc3-c3c2c2c4ccccc4sc2c2ccccc32)nc2ccccc12. The van der Waals surface area contributed by atoms with Gasteiger partial charge in [-0.1, -0.05) is 157 Å². The smallest absolute Gasteiger partial charge is 0.332 e. The highest BCUT2D eigenvalue weighted by atomic mass is 32.1. The monoisotopic (exact) mass is 666 g/mol. The van der Waals surface area contributed by atoms with Crippen LogP contribution in [0.2, 0.25) is 0 Å². The molecule has 5 heteroatoms. The summed E-state index contributed by atoms with van der Waals surface area (Å²) in [5, 5.41) is 8.23. The number of nitrogens with zero attached hydrogens (tertiary/aromatic N) is 3. The van der Waals surface area contributed by atoms with E-state index in [-0.39, 0.29) is 6.85 Å². The molecular weight excluding hydrogens is 637 g/mol. The van der Waals surface area contributed by atoms with Gasteiger partial charge in [0.1, 0.15) is 0 Å². The lowest BCUT2D eigenvalue weighted by Crippen LogP contribution is -2.58. The molecule has 1 aliphatic heterocycles. The fraction of sp³-hybridized carbons (Fsp3) is 0. The Labute approximate surface area is 300 Å². The summed E-state index contributed by atoms with van der Waals surface area (Å²) in [6, 6.07) is 58.3. The van der Waals surface area contributed by atoms with Gasteiger partial charge in [0.05, 0.1) is 12.6 Å². The Bertz CT molecular complexity index is 3070. The largest absolute Gasteiger partial charge is 0.345 e. The number of benzene rings is 8. The number of hydrogen-bond acceptors (Lipinski definition) is 4. The Balaban J connectivity index is 1.37. The summed E-state index contributed by atoms with van der Waals surface area (Å²) in [6.45, 7) is -0.239. The van der Waals surface area contributed by atoms with Crippen LogP contribution in [-0.2, 0) is 0 Å². The summed E-state index contributed by atoms with van der Waals surface area (Å²) in [6.07, 6.45) is 0. The van der Waals surface area contributed by atoms with Gasteiger partial charge in [-0.25, -0.2) is 9.97 Å². The Morgan fingerprint density at radius 1 is 0.588 bits per heavy atom. The highest BCUT2D eigenvalue weighted by Crippen LogP contribution is 2.53. The van der Waals surface area contributed by atoms with Crippen molar-refractivity contribution in [3.05, 3.63) is 170 Å². The van der Waals surface area contributed by atoms with E-state index in [4.69, 9.17) is 11.3 Å². The molecule has 3 nitrogen and oxygen atoms in total. The van der Waals surface area contributed by atoms with Crippen LogP contribution in [0, 0.1) is 0 Å². The first kappa shape index (κ1) is 27.5. The van der Waals surface area contributed by atoms with Crippen LogP contribution in [0.1, 0.15) is 1.37 Å². The molecule has 0 bridgehead atoms. The summed E-state index contributed by atoms with van der Waals surface area (Å²) in [5.41, 5.74) is 8.29. The minimum absolute atomic E-state index is 0.239. The summed E-state index contributed by atoms with van der Waals surface area (Å²) in [4.78, 5) is 13.4. The van der Waals surface area contributed by atoms with Crippen LogP contribution in [0.25, 0.3) is 75.0 Å². The van der Waals surface area contributed by atoms with Gasteiger partial charge in [-0.05, 0) is 45.4 Å². The third-order valence-corrected chi connectivity index (χ3v) is 11.6. The molecule has 51 heavy (non-hydrogen) atoms. The normalized spacial score (nSPS) is 12.9. The average molecular weight is 667 g/mol. The van der Waals surface area contributed by atoms with Gasteiger partial charge < -0.3 is 4.81 Å². The van der Waals surface area contributed by atoms with Crippen molar-refractivity contribution >= 4 is 93.4 Å². The first-order chi connectivity index (χ1) is 25.7. The van der Waals surface area contributed by atoms with Crippen molar-refractivity contribution in [1.29, 1.82) is 0 Å². The van der Waals surface area contributed by atoms with Crippen LogP contribution in [0.15, 0.2) is 170 Å². The molecule has 11 rings (SSSR count). The summed E-state index contributed by atoms with van der Waals surface area (Å²) < 4.78 is 11.5. The van der Waals surface area contributed by atoms with E-state index in [9.17, 15) is 0 Å². The molecule has 3 heterocycles. The Morgan fingerprint density at radius 2 is 1.25 bits per heavy atom. The van der Waals surface area contributed by atoms with Crippen molar-refractivity contribution < 1.29 is 1.37 Å². The zero-order valence-electron chi connectivity index (χ0n) is 28.4. The lowest BCUT2D eigenvalue weighted by molar-refractivity contribution is 1.16. The number of rotatable bonds is 3. The quantitative estimate of drug-likeness (QED) is 0.176. The topological polar surface area (TPSA) is 29.0 Å². The minimum Gasteiger partial charge on any atom is -0.345 e. The van der Waals surface area contributed by atoms with Crippen molar-refractivity contribution in [1.82, 2.24) is 9.97 Å². The lowest BCUT2D eigenvalue weighted by Gasteiger charge is -2.39. The van der Waals surface area contributed by atoms with E-state index in [1.165, 1.54) is 58.3 Å². The van der Waals surface area contributed by atoms with Crippen LogP contribution >= 0.6 is 11.3 Å². The molecule has 0 amide bonds. The van der Waals surface area contributed by atoms with Crippen LogP contribution in [-0.4, -0.2) is 16.8 Å². The van der Waals surface area contributed by atoms with Crippen molar-refractivity contribution in [2.45, 2.75) is 0 Å². The fourth-order valence-electron chi connectivity index (χ4n) is 8.20. The molecule has 0 spiro atoms. The van der Waals surface area contributed by atoms with Gasteiger partial charge in [0.25, 0.3) is 0 Å². The van der Waals surface area contributed by atoms with Crippen LogP contribution in [0.3, 0.4) is 0 Å². The molecule has 0 fully saturated rings. The molecule has 2 aromatic heterocycles. The van der Waals surface area contributed by atoms with Gasteiger partial charge in [-0.2, -0.15) is 0 Å². The predicted octanol–water partition coefficient (Wildman–Crippen LogP) is 10.9. The van der Waals surface area contributed by atoms with Gasteiger partial charge in [0.2, 0.25) is 5.95 Å². The number of fused-ring (bicyclic) bond motifs is 12. The van der Waals surface area contributed by atoms with Crippen molar-refractivity contribution in [2.75, 3.05) is 4.81 Å². The average Bonchev–Trinajstić information content (AvgIpc) is 3.60. The van der Waals surface area contributed by atoms with Crippen LogP contribution in [0.5, 0.6) is 0 Å². The molecule has 8 aromatic carbocycles. The van der Waals surface area contributed by atoms with E-state index < -0.39 is 0 Å². The number of para-hydroxylation sites is 1. The van der Waals surface area contributed by atoms with Crippen molar-refractivity contribution in [3.8, 4) is 22.4 Å². The third-order valence-electron chi connectivity index (χ3n) is 10.4. The standard InChI is InChI=1S/C46H28BN3S/c1-3-15-29(16-4-1)43-35-23-11-13-25-39(35)48-46(49-43)50-44-41(33-21-9-10-22-34(33)45-42(44)36-24-12-14-26-40(36)51-45)37-27-30-17-7-8-18-31(30)28-38(37)47(50)32-19-5-2-6-20-32/h1-28H/i15D. The Kier molecular flexibility index (Phi) is 5.99. The number of anilines is 2. The van der Waals surface area contributed by atoms with E-state index in [0.717, 1.165) is 33.3 Å². The molecule has 0 aliphatic carbocycles. The lowest BCUT2D eigenvalue weighted by atomic mass is 9.45. The zero-order chi connectivity index (χ0) is 34.3. The number of thiophene rings is 1. The van der Waals surface area contributed by atoms with Crippen molar-refractivity contribution in [2.24, 2.45) is 0 Å². The molecule has 0 radical (unpaired) electrons. The van der Waals surface area contributed by atoms with Crippen LogP contribution in [0.4, 0.5) is 11.6 Å². The summed E-state index contributed by atoms with van der Waals surface area (Å²) >= 11 is 1.85. The second-order valence-corrected chi connectivity index (χ2v) is 14.3. The van der Waals surface area contributed by atoms with E-state index in [1.54, 1.807) is 0 Å². The predicted molar refractivity (Wildman–Crippen MR) is 218 cm³/mol. The molecule has 0 N–H and O–H groups in total. The molecule has 0 saturated heterocycles. The Hall–Kier alpha value is -6.30. The van der Waals surface area contributed by atoms with Gasteiger partial charge in [-0.15, -0.1) is 11.3 Å². The second-order valence-electron chi connectivity index (χ2n) is 13.2. The number of aromatic nitrogens is 2. The van der Waals surface area contributed by atoms with E-state index >= 15 is 0 Å². The molecule has 0 unspecified atom stereocenters. The van der Waals surface area contributed by atoms with Gasteiger partial charge in [-0.3, -0.25) is 0 Å². The second kappa shape index (κ2) is 11.1. The summed E-state index contributed by atoms with van der Waals surface area (Å²) in [7, 11) is 0. The maximum Gasteiger partial charge on any atom is 0.332 e. The van der Waals surface area contributed by atoms with Gasteiger partial charge in [0, 0.05) is 47.8 Å². The highest BCUT2D eigenvalue weighted by Gasteiger charge is 2.41. The van der Waals surface area contributed by atoms with E-state index in [2.05, 4.69) is 132 Å². The molecule has 0 saturated carbocycles. The first-order valence-corrected chi connectivity index (χ1v) is 18.1. The molecule has 10 aromatic rings.